The van der Waals surface area contributed by atoms with Crippen LogP contribution in [-0.4, -0.2) is 16.8 Å². The fourth-order valence-electron chi connectivity index (χ4n) is 0.902. The van der Waals surface area contributed by atoms with Gasteiger partial charge in [0.1, 0.15) is 11.6 Å². The summed E-state index contributed by atoms with van der Waals surface area (Å²) < 4.78 is 25.6. The number of rotatable bonds is 4. The molecule has 0 spiro atoms. The second kappa shape index (κ2) is 4.95. The van der Waals surface area contributed by atoms with Crippen LogP contribution in [0.2, 0.25) is 0 Å². The number of carboxylic acid groups (broad SMARTS) is 1. The molecule has 0 bridgehead atoms. The molecule has 0 aliphatic heterocycles. The van der Waals surface area contributed by atoms with E-state index in [0.29, 0.717) is 0 Å². The highest BCUT2D eigenvalue weighted by atomic mass is 32.2. The standard InChI is InChI=1S/C9H8F2O2S/c10-7-1-2-8(11)6(3-7)4-14-5-9(12)13/h1-3H,4-5H2,(H,12,13). The van der Waals surface area contributed by atoms with Gasteiger partial charge in [-0.25, -0.2) is 8.78 Å². The second-order valence-corrected chi connectivity index (χ2v) is 3.61. The predicted molar refractivity (Wildman–Crippen MR) is 50.2 cm³/mol. The van der Waals surface area contributed by atoms with E-state index in [9.17, 15) is 13.6 Å². The van der Waals surface area contributed by atoms with Crippen molar-refractivity contribution in [1.29, 1.82) is 0 Å². The zero-order chi connectivity index (χ0) is 10.6. The second-order valence-electron chi connectivity index (χ2n) is 2.62. The molecule has 0 unspecified atom stereocenters. The Morgan fingerprint density at radius 3 is 2.79 bits per heavy atom. The Balaban J connectivity index is 2.57. The van der Waals surface area contributed by atoms with E-state index < -0.39 is 17.6 Å². The van der Waals surface area contributed by atoms with Crippen molar-refractivity contribution in [3.63, 3.8) is 0 Å². The molecule has 0 saturated carbocycles. The van der Waals surface area contributed by atoms with E-state index in [1.54, 1.807) is 0 Å². The first-order chi connectivity index (χ1) is 6.59. The third kappa shape index (κ3) is 3.33. The van der Waals surface area contributed by atoms with Gasteiger partial charge in [0.2, 0.25) is 0 Å². The zero-order valence-electron chi connectivity index (χ0n) is 7.17. The molecular formula is C9H8F2O2S. The molecule has 2 nitrogen and oxygen atoms in total. The third-order valence-corrected chi connectivity index (χ3v) is 2.46. The first-order valence-electron chi connectivity index (χ1n) is 3.83. The molecule has 0 fully saturated rings. The monoisotopic (exact) mass is 218 g/mol. The van der Waals surface area contributed by atoms with Gasteiger partial charge in [-0.1, -0.05) is 0 Å². The Morgan fingerprint density at radius 1 is 1.43 bits per heavy atom. The highest BCUT2D eigenvalue weighted by molar-refractivity contribution is 7.99. The number of benzene rings is 1. The van der Waals surface area contributed by atoms with Crippen molar-refractivity contribution < 1.29 is 18.7 Å². The predicted octanol–water partition coefficient (Wildman–Crippen LogP) is 2.28. The van der Waals surface area contributed by atoms with Crippen LogP contribution in [-0.2, 0) is 10.5 Å². The molecule has 76 valence electrons. The van der Waals surface area contributed by atoms with Crippen LogP contribution < -0.4 is 0 Å². The Morgan fingerprint density at radius 2 is 2.14 bits per heavy atom. The maximum atomic E-state index is 13.0. The van der Waals surface area contributed by atoms with Crippen LogP contribution >= 0.6 is 11.8 Å². The summed E-state index contributed by atoms with van der Waals surface area (Å²) in [6.07, 6.45) is 0. The molecule has 0 heterocycles. The van der Waals surface area contributed by atoms with E-state index in [1.807, 2.05) is 0 Å². The van der Waals surface area contributed by atoms with Gasteiger partial charge in [-0.3, -0.25) is 4.79 Å². The molecule has 5 heteroatoms. The largest absolute Gasteiger partial charge is 0.481 e. The minimum Gasteiger partial charge on any atom is -0.481 e. The van der Waals surface area contributed by atoms with E-state index >= 15 is 0 Å². The first-order valence-corrected chi connectivity index (χ1v) is 4.98. The third-order valence-electron chi connectivity index (χ3n) is 1.49. The van der Waals surface area contributed by atoms with Gasteiger partial charge in [-0.15, -0.1) is 11.8 Å². The minimum absolute atomic E-state index is 0.115. The maximum Gasteiger partial charge on any atom is 0.313 e. The van der Waals surface area contributed by atoms with Crippen molar-refractivity contribution in [3.05, 3.63) is 35.4 Å². The van der Waals surface area contributed by atoms with E-state index in [2.05, 4.69) is 0 Å². The Hall–Kier alpha value is -1.10. The van der Waals surface area contributed by atoms with Crippen molar-refractivity contribution in [2.24, 2.45) is 0 Å². The van der Waals surface area contributed by atoms with E-state index in [1.165, 1.54) is 0 Å². The number of carboxylic acids is 1. The lowest BCUT2D eigenvalue weighted by Gasteiger charge is -2.01. The maximum absolute atomic E-state index is 13.0. The van der Waals surface area contributed by atoms with Gasteiger partial charge < -0.3 is 5.11 Å². The van der Waals surface area contributed by atoms with Gasteiger partial charge in [-0.2, -0.15) is 0 Å². The lowest BCUT2D eigenvalue weighted by atomic mass is 10.2. The van der Waals surface area contributed by atoms with Crippen LogP contribution in [0, 0.1) is 11.6 Å². The summed E-state index contributed by atoms with van der Waals surface area (Å²) in [6.45, 7) is 0. The molecule has 0 radical (unpaired) electrons. The molecule has 0 aliphatic rings. The number of aliphatic carboxylic acids is 1. The van der Waals surface area contributed by atoms with Crippen LogP contribution in [0.1, 0.15) is 5.56 Å². The molecule has 0 atom stereocenters. The fraction of sp³-hybridized carbons (Fsp3) is 0.222. The van der Waals surface area contributed by atoms with Crippen LogP contribution in [0.25, 0.3) is 0 Å². The van der Waals surface area contributed by atoms with E-state index in [4.69, 9.17) is 5.11 Å². The van der Waals surface area contributed by atoms with Gasteiger partial charge in [0, 0.05) is 11.3 Å². The van der Waals surface area contributed by atoms with Gasteiger partial charge >= 0.3 is 5.97 Å². The van der Waals surface area contributed by atoms with Gasteiger partial charge in [0.15, 0.2) is 0 Å². The van der Waals surface area contributed by atoms with Crippen LogP contribution in [0.3, 0.4) is 0 Å². The number of halogens is 2. The molecule has 0 amide bonds. The highest BCUT2D eigenvalue weighted by Crippen LogP contribution is 2.16. The first kappa shape index (κ1) is 11.0. The average Bonchev–Trinajstić information content (AvgIpc) is 2.10. The Kier molecular flexibility index (Phi) is 3.88. The lowest BCUT2D eigenvalue weighted by Crippen LogP contribution is -1.99. The van der Waals surface area contributed by atoms with Gasteiger partial charge in [0.25, 0.3) is 0 Å². The zero-order valence-corrected chi connectivity index (χ0v) is 7.98. The number of carbonyl (C=O) groups is 1. The molecule has 1 N–H and O–H groups in total. The van der Waals surface area contributed by atoms with E-state index in [-0.39, 0.29) is 17.1 Å². The van der Waals surface area contributed by atoms with Crippen LogP contribution in [0.5, 0.6) is 0 Å². The highest BCUT2D eigenvalue weighted by Gasteiger charge is 2.05. The summed E-state index contributed by atoms with van der Waals surface area (Å²) in [5, 5.41) is 8.33. The Bertz CT molecular complexity index is 342. The molecule has 14 heavy (non-hydrogen) atoms. The van der Waals surface area contributed by atoms with Crippen molar-refractivity contribution in [1.82, 2.24) is 0 Å². The van der Waals surface area contributed by atoms with E-state index in [0.717, 1.165) is 30.0 Å². The molecule has 0 saturated heterocycles. The van der Waals surface area contributed by atoms with Crippen molar-refractivity contribution in [3.8, 4) is 0 Å². The number of hydrogen-bond acceptors (Lipinski definition) is 2. The minimum atomic E-state index is -0.966. The number of hydrogen-bond donors (Lipinski definition) is 1. The average molecular weight is 218 g/mol. The summed E-state index contributed by atoms with van der Waals surface area (Å²) >= 11 is 1.03. The van der Waals surface area contributed by atoms with Crippen molar-refractivity contribution >= 4 is 17.7 Å². The van der Waals surface area contributed by atoms with Crippen molar-refractivity contribution in [2.45, 2.75) is 5.75 Å². The molecule has 1 aromatic rings. The number of thioether (sulfide) groups is 1. The molecular weight excluding hydrogens is 210 g/mol. The van der Waals surface area contributed by atoms with Crippen molar-refractivity contribution in [2.75, 3.05) is 5.75 Å². The Labute approximate surface area is 83.9 Å². The molecule has 1 aromatic carbocycles. The normalized spacial score (nSPS) is 10.1. The summed E-state index contributed by atoms with van der Waals surface area (Å²) in [7, 11) is 0. The molecule has 0 aromatic heterocycles. The SMILES string of the molecule is O=C(O)CSCc1cc(F)ccc1F. The van der Waals surface area contributed by atoms with Gasteiger partial charge in [0.05, 0.1) is 5.75 Å². The fourth-order valence-corrected chi connectivity index (χ4v) is 1.62. The quantitative estimate of drug-likeness (QED) is 0.842. The van der Waals surface area contributed by atoms with Crippen LogP contribution in [0.4, 0.5) is 8.78 Å². The summed E-state index contributed by atoms with van der Waals surface area (Å²) in [5.41, 5.74) is 0.191. The summed E-state index contributed by atoms with van der Waals surface area (Å²) in [6, 6.07) is 3.14. The van der Waals surface area contributed by atoms with Crippen LogP contribution in [0.15, 0.2) is 18.2 Å². The summed E-state index contributed by atoms with van der Waals surface area (Å²) in [5.74, 6) is -1.94. The molecule has 1 rings (SSSR count). The molecule has 0 aliphatic carbocycles. The van der Waals surface area contributed by atoms with Gasteiger partial charge in [-0.05, 0) is 18.2 Å². The smallest absolute Gasteiger partial charge is 0.313 e. The topological polar surface area (TPSA) is 37.3 Å². The summed E-state index contributed by atoms with van der Waals surface area (Å²) in [4.78, 5) is 10.2. The lowest BCUT2D eigenvalue weighted by molar-refractivity contribution is -0.133.